The van der Waals surface area contributed by atoms with E-state index in [4.69, 9.17) is 26.7 Å². The Morgan fingerprint density at radius 3 is 2.17 bits per heavy atom. The van der Waals surface area contributed by atoms with Crippen molar-refractivity contribution >= 4 is 17.3 Å². The first kappa shape index (κ1) is 27.0. The van der Waals surface area contributed by atoms with Crippen LogP contribution in [-0.4, -0.2) is 61.1 Å². The van der Waals surface area contributed by atoms with Crippen LogP contribution in [0.2, 0.25) is 5.02 Å². The number of aliphatic hydroxyl groups excluding tert-OH is 2. The zero-order chi connectivity index (χ0) is 25.8. The summed E-state index contributed by atoms with van der Waals surface area (Å²) >= 11 is 5.54. The molecule has 0 bridgehead atoms. The van der Waals surface area contributed by atoms with Gasteiger partial charge < -0.3 is 19.8 Å². The van der Waals surface area contributed by atoms with Crippen molar-refractivity contribution in [1.29, 1.82) is 10.5 Å². The van der Waals surface area contributed by atoms with Gasteiger partial charge in [0.2, 0.25) is 0 Å². The number of nitrogens with zero attached hydrogens (tertiary/aromatic N) is 4. The third kappa shape index (κ3) is 7.98. The fraction of sp³-hybridized carbons (Fsp3) is 0.286. The zero-order valence-corrected chi connectivity index (χ0v) is 20.7. The van der Waals surface area contributed by atoms with E-state index in [9.17, 15) is 10.4 Å². The van der Waals surface area contributed by atoms with Gasteiger partial charge in [-0.15, -0.1) is 0 Å². The number of halogens is 1. The van der Waals surface area contributed by atoms with Crippen LogP contribution in [0, 0.1) is 22.7 Å². The van der Waals surface area contributed by atoms with E-state index in [1.54, 1.807) is 30.3 Å². The number of β-amino-alcohol motifs (C(OH)–C–C–N with tert-alkyl or cyclic N) is 1. The molecule has 0 amide bonds. The number of piperazine rings is 1. The molecule has 0 aliphatic carbocycles. The van der Waals surface area contributed by atoms with Crippen molar-refractivity contribution in [3.05, 3.63) is 94.5 Å². The molecule has 0 aromatic heterocycles. The highest BCUT2D eigenvalue weighted by Crippen LogP contribution is 2.26. The van der Waals surface area contributed by atoms with E-state index in [-0.39, 0.29) is 13.2 Å². The molecular formula is C28H29ClN4O3. The molecule has 4 rings (SSSR count). The third-order valence-corrected chi connectivity index (χ3v) is 6.00. The van der Waals surface area contributed by atoms with Crippen LogP contribution in [0.25, 0.3) is 0 Å². The smallest absolute Gasteiger partial charge is 0.120 e. The lowest BCUT2D eigenvalue weighted by molar-refractivity contribution is 0.109. The summed E-state index contributed by atoms with van der Waals surface area (Å²) in [6.07, 6.45) is -0.605. The number of ether oxygens (including phenoxy) is 1. The van der Waals surface area contributed by atoms with Gasteiger partial charge in [-0.2, -0.15) is 10.5 Å². The van der Waals surface area contributed by atoms with Crippen LogP contribution in [0.4, 0.5) is 5.69 Å². The molecule has 0 radical (unpaired) electrons. The minimum atomic E-state index is -0.605. The van der Waals surface area contributed by atoms with E-state index in [1.807, 2.05) is 42.5 Å². The molecule has 1 aliphatic rings. The van der Waals surface area contributed by atoms with E-state index in [0.29, 0.717) is 23.4 Å². The van der Waals surface area contributed by atoms with E-state index in [0.717, 1.165) is 42.5 Å². The predicted octanol–water partition coefficient (Wildman–Crippen LogP) is 4.00. The molecule has 1 heterocycles. The lowest BCUT2D eigenvalue weighted by Crippen LogP contribution is -2.47. The van der Waals surface area contributed by atoms with Crippen molar-refractivity contribution in [3.63, 3.8) is 0 Å². The maximum Gasteiger partial charge on any atom is 0.120 e. The average Bonchev–Trinajstić information content (AvgIpc) is 2.93. The number of benzene rings is 3. The molecule has 1 unspecified atom stereocenters. The van der Waals surface area contributed by atoms with Crippen LogP contribution in [0.5, 0.6) is 5.75 Å². The first-order valence-corrected chi connectivity index (χ1v) is 12.1. The number of hydrogen-bond donors (Lipinski definition) is 2. The topological polar surface area (TPSA) is 104 Å². The van der Waals surface area contributed by atoms with Crippen LogP contribution in [0.15, 0.2) is 72.8 Å². The van der Waals surface area contributed by atoms with E-state index >= 15 is 0 Å². The van der Waals surface area contributed by atoms with Gasteiger partial charge in [0.05, 0.1) is 35.6 Å². The Balaban J connectivity index is 0.000000444. The summed E-state index contributed by atoms with van der Waals surface area (Å²) in [7, 11) is 0. The number of hydrogen-bond acceptors (Lipinski definition) is 7. The molecule has 1 saturated heterocycles. The van der Waals surface area contributed by atoms with Crippen LogP contribution < -0.4 is 9.64 Å². The normalized spacial score (nSPS) is 14.1. The van der Waals surface area contributed by atoms with Crippen molar-refractivity contribution in [2.45, 2.75) is 6.10 Å². The zero-order valence-electron chi connectivity index (χ0n) is 19.9. The van der Waals surface area contributed by atoms with Crippen molar-refractivity contribution in [2.75, 3.05) is 50.8 Å². The second-order valence-electron chi connectivity index (χ2n) is 8.20. The average molecular weight is 505 g/mol. The van der Waals surface area contributed by atoms with Gasteiger partial charge in [0.1, 0.15) is 18.4 Å². The summed E-state index contributed by atoms with van der Waals surface area (Å²) < 4.78 is 5.38. The molecule has 0 spiro atoms. The van der Waals surface area contributed by atoms with Crippen LogP contribution in [0.1, 0.15) is 22.8 Å². The number of nitriles is 2. The molecule has 7 nitrogen and oxygen atoms in total. The fourth-order valence-electron chi connectivity index (χ4n) is 3.85. The maximum absolute atomic E-state index is 10.5. The van der Waals surface area contributed by atoms with Crippen LogP contribution in [0.3, 0.4) is 0 Å². The van der Waals surface area contributed by atoms with Crippen molar-refractivity contribution in [1.82, 2.24) is 4.90 Å². The Kier molecular flexibility index (Phi) is 10.6. The minimum Gasteiger partial charge on any atom is -0.491 e. The van der Waals surface area contributed by atoms with Gasteiger partial charge in [-0.25, -0.2) is 0 Å². The molecule has 2 N–H and O–H groups in total. The summed E-state index contributed by atoms with van der Waals surface area (Å²) in [6.45, 7) is 3.72. The molecule has 1 fully saturated rings. The van der Waals surface area contributed by atoms with Crippen molar-refractivity contribution in [3.8, 4) is 17.9 Å². The minimum absolute atomic E-state index is 0.0695. The molecule has 186 valence electrons. The number of aliphatic hydroxyl groups is 2. The monoisotopic (exact) mass is 504 g/mol. The molecule has 0 saturated carbocycles. The van der Waals surface area contributed by atoms with Crippen molar-refractivity contribution < 1.29 is 14.9 Å². The largest absolute Gasteiger partial charge is 0.491 e. The lowest BCUT2D eigenvalue weighted by atomic mass is 10.1. The summed E-state index contributed by atoms with van der Waals surface area (Å²) in [5, 5.41) is 38.5. The molecule has 3 aromatic rings. The van der Waals surface area contributed by atoms with Gasteiger partial charge in [0, 0.05) is 37.7 Å². The Hall–Kier alpha value is -3.59. The van der Waals surface area contributed by atoms with Crippen LogP contribution >= 0.6 is 11.6 Å². The van der Waals surface area contributed by atoms with E-state index in [2.05, 4.69) is 21.9 Å². The van der Waals surface area contributed by atoms with Gasteiger partial charge in [-0.1, -0.05) is 41.9 Å². The first-order valence-electron chi connectivity index (χ1n) is 11.7. The predicted molar refractivity (Wildman–Crippen MR) is 140 cm³/mol. The number of rotatable bonds is 7. The Morgan fingerprint density at radius 2 is 1.61 bits per heavy atom. The van der Waals surface area contributed by atoms with Gasteiger partial charge in [0.25, 0.3) is 0 Å². The van der Waals surface area contributed by atoms with Gasteiger partial charge >= 0.3 is 0 Å². The Labute approximate surface area is 217 Å². The summed E-state index contributed by atoms with van der Waals surface area (Å²) in [4.78, 5) is 4.36. The maximum atomic E-state index is 10.5. The standard InChI is InChI=1S/C22H24N4O3.C6H5Cl/c23-14-17-1-3-18(4-2-17)22(28)16-25-7-9-26(10-8-25)21-6-5-20(29-12-11-27)13-19(21)15-24;7-6-4-2-1-3-5-6/h1-6,13,22,27-28H,7-12,16H2;1-5H. The second-order valence-corrected chi connectivity index (χ2v) is 8.63. The van der Waals surface area contributed by atoms with Crippen LogP contribution in [-0.2, 0) is 0 Å². The summed E-state index contributed by atoms with van der Waals surface area (Å²) in [6, 6.07) is 26.2. The summed E-state index contributed by atoms with van der Waals surface area (Å²) in [5.74, 6) is 0.573. The number of anilines is 1. The summed E-state index contributed by atoms with van der Waals surface area (Å²) in [5.41, 5.74) is 2.80. The first-order chi connectivity index (χ1) is 17.5. The second kappa shape index (κ2) is 14.1. The molecule has 1 aliphatic heterocycles. The van der Waals surface area contributed by atoms with E-state index in [1.165, 1.54) is 0 Å². The Bertz CT molecular complexity index is 1170. The van der Waals surface area contributed by atoms with E-state index < -0.39 is 6.10 Å². The molecule has 3 aromatic carbocycles. The van der Waals surface area contributed by atoms with Gasteiger partial charge in [-0.05, 0) is 48.0 Å². The molecule has 1 atom stereocenters. The SMILES string of the molecule is Clc1ccccc1.N#Cc1ccc(C(O)CN2CCN(c3ccc(OCCO)cc3C#N)CC2)cc1. The van der Waals surface area contributed by atoms with Crippen molar-refractivity contribution in [2.24, 2.45) is 0 Å². The van der Waals surface area contributed by atoms with Gasteiger partial charge in [0.15, 0.2) is 0 Å². The molecular weight excluding hydrogens is 476 g/mol. The fourth-order valence-corrected chi connectivity index (χ4v) is 4.00. The molecule has 36 heavy (non-hydrogen) atoms. The Morgan fingerprint density at radius 1 is 0.917 bits per heavy atom. The third-order valence-electron chi connectivity index (χ3n) is 5.75. The van der Waals surface area contributed by atoms with Gasteiger partial charge in [-0.3, -0.25) is 4.90 Å². The highest BCUT2D eigenvalue weighted by Gasteiger charge is 2.22. The highest BCUT2D eigenvalue weighted by molar-refractivity contribution is 6.30. The highest BCUT2D eigenvalue weighted by atomic mass is 35.5. The molecule has 8 heteroatoms. The lowest BCUT2D eigenvalue weighted by Gasteiger charge is -2.37. The quantitative estimate of drug-likeness (QED) is 0.501.